The molecule has 1 aliphatic rings. The molecule has 0 radical (unpaired) electrons. The number of hydrogen-bond donors (Lipinski definition) is 1. The lowest BCUT2D eigenvalue weighted by atomic mass is 9.93. The fourth-order valence-electron chi connectivity index (χ4n) is 2.74. The van der Waals surface area contributed by atoms with E-state index in [4.69, 9.17) is 0 Å². The van der Waals surface area contributed by atoms with E-state index >= 15 is 0 Å². The van der Waals surface area contributed by atoms with Crippen LogP contribution in [0.1, 0.15) is 25.3 Å². The fourth-order valence-corrected chi connectivity index (χ4v) is 2.74. The molecule has 21 heavy (non-hydrogen) atoms. The SMILES string of the molecule is CC1CN(C)CCC1Nc1ccc([N+](=O)[O-])cc1C(F)F. The lowest BCUT2D eigenvalue weighted by molar-refractivity contribution is -0.385. The van der Waals surface area contributed by atoms with Crippen LogP contribution in [0.2, 0.25) is 0 Å². The third-order valence-corrected chi connectivity index (χ3v) is 3.93. The average Bonchev–Trinajstić information content (AvgIpc) is 2.41. The summed E-state index contributed by atoms with van der Waals surface area (Å²) in [5.74, 6) is 0.324. The summed E-state index contributed by atoms with van der Waals surface area (Å²) in [6.07, 6.45) is -1.88. The lowest BCUT2D eigenvalue weighted by Gasteiger charge is -2.36. The first-order valence-electron chi connectivity index (χ1n) is 6.90. The summed E-state index contributed by atoms with van der Waals surface area (Å²) in [6, 6.07) is 3.69. The van der Waals surface area contributed by atoms with Gasteiger partial charge in [-0.25, -0.2) is 8.78 Å². The van der Waals surface area contributed by atoms with Gasteiger partial charge < -0.3 is 10.2 Å². The van der Waals surface area contributed by atoms with Gasteiger partial charge in [-0.15, -0.1) is 0 Å². The second-order valence-corrected chi connectivity index (χ2v) is 5.61. The van der Waals surface area contributed by atoms with E-state index in [1.165, 1.54) is 12.1 Å². The largest absolute Gasteiger partial charge is 0.382 e. The van der Waals surface area contributed by atoms with Gasteiger partial charge in [0, 0.05) is 36.0 Å². The van der Waals surface area contributed by atoms with Crippen molar-refractivity contribution < 1.29 is 13.7 Å². The first-order chi connectivity index (χ1) is 9.88. The number of halogens is 2. The van der Waals surface area contributed by atoms with Crippen LogP contribution in [-0.2, 0) is 0 Å². The van der Waals surface area contributed by atoms with Gasteiger partial charge in [0.1, 0.15) is 0 Å². The number of nitrogens with one attached hydrogen (secondary N) is 1. The summed E-state index contributed by atoms with van der Waals surface area (Å²) in [5, 5.41) is 13.8. The van der Waals surface area contributed by atoms with Crippen molar-refractivity contribution >= 4 is 11.4 Å². The molecule has 1 aliphatic heterocycles. The molecule has 2 rings (SSSR count). The molecule has 1 aromatic rings. The third kappa shape index (κ3) is 3.66. The van der Waals surface area contributed by atoms with Gasteiger partial charge in [-0.2, -0.15) is 0 Å². The molecule has 1 N–H and O–H groups in total. The van der Waals surface area contributed by atoms with Gasteiger partial charge in [-0.1, -0.05) is 6.92 Å². The fraction of sp³-hybridized carbons (Fsp3) is 0.571. The van der Waals surface area contributed by atoms with Crippen molar-refractivity contribution in [3.05, 3.63) is 33.9 Å². The maximum Gasteiger partial charge on any atom is 0.270 e. The predicted molar refractivity (Wildman–Crippen MR) is 76.7 cm³/mol. The number of piperidine rings is 1. The molecule has 0 aromatic heterocycles. The number of hydrogen-bond acceptors (Lipinski definition) is 4. The molecule has 1 fully saturated rings. The molecule has 7 heteroatoms. The first-order valence-corrected chi connectivity index (χ1v) is 6.90. The topological polar surface area (TPSA) is 58.4 Å². The minimum Gasteiger partial charge on any atom is -0.382 e. The van der Waals surface area contributed by atoms with E-state index in [0.717, 1.165) is 25.6 Å². The highest BCUT2D eigenvalue weighted by Gasteiger charge is 2.26. The van der Waals surface area contributed by atoms with Gasteiger partial charge >= 0.3 is 0 Å². The summed E-state index contributed by atoms with van der Waals surface area (Å²) in [4.78, 5) is 12.2. The highest BCUT2D eigenvalue weighted by atomic mass is 19.3. The van der Waals surface area contributed by atoms with Crippen LogP contribution in [0.15, 0.2) is 18.2 Å². The van der Waals surface area contributed by atoms with Crippen molar-refractivity contribution in [2.24, 2.45) is 5.92 Å². The summed E-state index contributed by atoms with van der Waals surface area (Å²) >= 11 is 0. The standard InChI is InChI=1S/C14H19F2N3O2/c1-9-8-18(2)6-5-12(9)17-13-4-3-10(19(20)21)7-11(13)14(15)16/h3-4,7,9,12,14,17H,5-6,8H2,1-2H3. The number of nitro groups is 1. The lowest BCUT2D eigenvalue weighted by Crippen LogP contribution is -2.43. The Bertz CT molecular complexity index is 525. The number of anilines is 1. The average molecular weight is 299 g/mol. The molecule has 0 saturated carbocycles. The van der Waals surface area contributed by atoms with E-state index in [9.17, 15) is 18.9 Å². The van der Waals surface area contributed by atoms with Crippen LogP contribution in [0.5, 0.6) is 0 Å². The summed E-state index contributed by atoms with van der Waals surface area (Å²) in [6.45, 7) is 3.87. The molecule has 5 nitrogen and oxygen atoms in total. The number of nitro benzene ring substituents is 1. The zero-order chi connectivity index (χ0) is 15.6. The molecule has 1 aromatic carbocycles. The molecule has 0 amide bonds. The van der Waals surface area contributed by atoms with E-state index in [1.807, 2.05) is 7.05 Å². The Kier molecular flexibility index (Phi) is 4.72. The monoisotopic (exact) mass is 299 g/mol. The maximum absolute atomic E-state index is 13.1. The minimum atomic E-state index is -2.74. The predicted octanol–water partition coefficient (Wildman–Crippen LogP) is 3.28. The quantitative estimate of drug-likeness (QED) is 0.684. The molecule has 0 spiro atoms. The van der Waals surface area contributed by atoms with E-state index in [0.29, 0.717) is 5.92 Å². The van der Waals surface area contributed by atoms with Crippen molar-refractivity contribution in [3.8, 4) is 0 Å². The van der Waals surface area contributed by atoms with Crippen molar-refractivity contribution in [1.29, 1.82) is 0 Å². The van der Waals surface area contributed by atoms with Gasteiger partial charge in [0.15, 0.2) is 0 Å². The zero-order valence-electron chi connectivity index (χ0n) is 12.1. The number of non-ortho nitro benzene ring substituents is 1. The van der Waals surface area contributed by atoms with Gasteiger partial charge in [-0.05, 0) is 32.0 Å². The smallest absolute Gasteiger partial charge is 0.270 e. The third-order valence-electron chi connectivity index (χ3n) is 3.93. The van der Waals surface area contributed by atoms with E-state index in [-0.39, 0.29) is 23.0 Å². The normalized spacial score (nSPS) is 23.3. The molecule has 1 heterocycles. The Labute approximate surface area is 122 Å². The maximum atomic E-state index is 13.1. The molecule has 116 valence electrons. The van der Waals surface area contributed by atoms with Crippen molar-refractivity contribution in [2.45, 2.75) is 25.8 Å². The Morgan fingerprint density at radius 2 is 2.19 bits per heavy atom. The Hall–Kier alpha value is -1.76. The van der Waals surface area contributed by atoms with Crippen molar-refractivity contribution in [1.82, 2.24) is 4.90 Å². The summed E-state index contributed by atoms with van der Waals surface area (Å²) < 4.78 is 26.2. The highest BCUT2D eigenvalue weighted by Crippen LogP contribution is 2.32. The van der Waals surface area contributed by atoms with Gasteiger partial charge in [0.2, 0.25) is 0 Å². The molecular formula is C14H19F2N3O2. The van der Waals surface area contributed by atoms with Crippen LogP contribution in [0.4, 0.5) is 20.2 Å². The summed E-state index contributed by atoms with van der Waals surface area (Å²) in [5.41, 5.74) is -0.334. The van der Waals surface area contributed by atoms with Crippen LogP contribution in [-0.4, -0.2) is 36.0 Å². The number of rotatable bonds is 4. The van der Waals surface area contributed by atoms with Crippen LogP contribution in [0, 0.1) is 16.0 Å². The molecule has 2 atom stereocenters. The highest BCUT2D eigenvalue weighted by molar-refractivity contribution is 5.57. The molecule has 2 unspecified atom stereocenters. The van der Waals surface area contributed by atoms with Crippen LogP contribution >= 0.6 is 0 Å². The van der Waals surface area contributed by atoms with E-state index < -0.39 is 11.3 Å². The van der Waals surface area contributed by atoms with Gasteiger partial charge in [-0.3, -0.25) is 10.1 Å². The number of benzene rings is 1. The van der Waals surface area contributed by atoms with Crippen molar-refractivity contribution in [2.75, 3.05) is 25.5 Å². The molecular weight excluding hydrogens is 280 g/mol. The van der Waals surface area contributed by atoms with Gasteiger partial charge in [0.25, 0.3) is 12.1 Å². The molecule has 0 aliphatic carbocycles. The summed E-state index contributed by atoms with van der Waals surface area (Å²) in [7, 11) is 2.03. The van der Waals surface area contributed by atoms with E-state index in [2.05, 4.69) is 17.1 Å². The Morgan fingerprint density at radius 3 is 2.76 bits per heavy atom. The molecule has 1 saturated heterocycles. The minimum absolute atomic E-state index is 0.0974. The second-order valence-electron chi connectivity index (χ2n) is 5.61. The molecule has 0 bridgehead atoms. The van der Waals surface area contributed by atoms with Crippen LogP contribution in [0.25, 0.3) is 0 Å². The first kappa shape index (κ1) is 15.6. The van der Waals surface area contributed by atoms with Gasteiger partial charge in [0.05, 0.1) is 4.92 Å². The number of alkyl halides is 2. The zero-order valence-corrected chi connectivity index (χ0v) is 12.1. The Balaban J connectivity index is 2.21. The number of nitrogens with zero attached hydrogens (tertiary/aromatic N) is 2. The van der Waals surface area contributed by atoms with Crippen LogP contribution in [0.3, 0.4) is 0 Å². The van der Waals surface area contributed by atoms with Crippen molar-refractivity contribution in [3.63, 3.8) is 0 Å². The second kappa shape index (κ2) is 6.34. The Morgan fingerprint density at radius 1 is 1.48 bits per heavy atom. The van der Waals surface area contributed by atoms with Crippen LogP contribution < -0.4 is 5.32 Å². The van der Waals surface area contributed by atoms with E-state index in [1.54, 1.807) is 0 Å². The number of likely N-dealkylation sites (tertiary alicyclic amines) is 1.